The molecule has 0 saturated heterocycles. The first-order chi connectivity index (χ1) is 17.4. The molecule has 1 aliphatic rings. The zero-order valence-corrected chi connectivity index (χ0v) is 20.6. The van der Waals surface area contributed by atoms with Crippen molar-refractivity contribution in [2.75, 3.05) is 39.5 Å². The Hall–Kier alpha value is -3.98. The number of nitrogen functional groups attached to an aromatic ring is 1. The molecule has 5 rings (SSSR count). The third kappa shape index (κ3) is 5.46. The largest absolute Gasteiger partial charge is 0.493 e. The molecule has 1 atom stereocenters. The highest BCUT2D eigenvalue weighted by molar-refractivity contribution is 5.81. The number of amides is 1. The maximum Gasteiger partial charge on any atom is 0.224 e. The minimum Gasteiger partial charge on any atom is -0.493 e. The molecule has 36 heavy (non-hydrogen) atoms. The van der Waals surface area contributed by atoms with Crippen molar-refractivity contribution in [2.45, 2.75) is 25.2 Å². The third-order valence-corrected chi connectivity index (χ3v) is 6.36. The molecule has 4 aromatic rings. The number of nitrogens with zero attached hydrogens (tertiary/aromatic N) is 4. The van der Waals surface area contributed by atoms with Crippen LogP contribution >= 0.6 is 0 Å². The average molecular weight is 486 g/mol. The predicted octanol–water partition coefficient (Wildman–Crippen LogP) is 2.93. The molecule has 1 unspecified atom stereocenters. The lowest BCUT2D eigenvalue weighted by molar-refractivity contribution is -0.120. The highest BCUT2D eigenvalue weighted by Gasteiger charge is 2.24. The minimum atomic E-state index is 0.0421. The van der Waals surface area contributed by atoms with E-state index in [1.54, 1.807) is 6.20 Å². The molecular weight excluding hydrogens is 454 g/mol. The number of rotatable bonds is 8. The van der Waals surface area contributed by atoms with E-state index in [1.165, 1.54) is 0 Å². The van der Waals surface area contributed by atoms with Gasteiger partial charge in [0.1, 0.15) is 11.6 Å². The summed E-state index contributed by atoms with van der Waals surface area (Å²) in [6.07, 6.45) is 3.74. The number of aromatic nitrogens is 4. The van der Waals surface area contributed by atoms with Gasteiger partial charge < -0.3 is 25.7 Å². The van der Waals surface area contributed by atoms with Crippen molar-refractivity contribution in [1.29, 1.82) is 0 Å². The van der Waals surface area contributed by atoms with Crippen molar-refractivity contribution in [3.63, 3.8) is 0 Å². The summed E-state index contributed by atoms with van der Waals surface area (Å²) in [6, 6.07) is 13.9. The van der Waals surface area contributed by atoms with Crippen LogP contribution in [0.5, 0.6) is 5.75 Å². The van der Waals surface area contributed by atoms with Crippen LogP contribution in [0, 0.1) is 0 Å². The Kier molecular flexibility index (Phi) is 6.81. The summed E-state index contributed by atoms with van der Waals surface area (Å²) in [5.74, 6) is 2.15. The summed E-state index contributed by atoms with van der Waals surface area (Å²) >= 11 is 0. The van der Waals surface area contributed by atoms with E-state index in [9.17, 15) is 4.79 Å². The predicted molar refractivity (Wildman–Crippen MR) is 140 cm³/mol. The van der Waals surface area contributed by atoms with Gasteiger partial charge in [0.25, 0.3) is 0 Å². The Morgan fingerprint density at radius 1 is 1.19 bits per heavy atom. The molecule has 0 saturated carbocycles. The first-order valence-electron chi connectivity index (χ1n) is 12.2. The van der Waals surface area contributed by atoms with Crippen LogP contribution < -0.4 is 15.8 Å². The van der Waals surface area contributed by atoms with Crippen LogP contribution in [-0.4, -0.2) is 64.5 Å². The van der Waals surface area contributed by atoms with Gasteiger partial charge in [0.05, 0.1) is 35.7 Å². The van der Waals surface area contributed by atoms with Gasteiger partial charge in [-0.1, -0.05) is 18.2 Å². The van der Waals surface area contributed by atoms with Crippen molar-refractivity contribution >= 4 is 22.9 Å². The van der Waals surface area contributed by atoms with Gasteiger partial charge >= 0.3 is 0 Å². The van der Waals surface area contributed by atoms with Crippen LogP contribution in [0.3, 0.4) is 0 Å². The number of imidazole rings is 1. The van der Waals surface area contributed by atoms with E-state index < -0.39 is 0 Å². The van der Waals surface area contributed by atoms with Gasteiger partial charge in [0, 0.05) is 18.3 Å². The normalized spacial score (nSPS) is 15.0. The topological polar surface area (TPSA) is 122 Å². The van der Waals surface area contributed by atoms with E-state index in [2.05, 4.69) is 31.2 Å². The molecule has 1 amide bonds. The standard InChI is InChI=1S/C27H31N7O2/c1-34(2)11-3-9-29-25(35)13-17-4-7-24-19(12-17)14-20(16-36-24)26-31-22-6-5-18(15-23(22)32-26)21-8-10-30-27(28)33-21/h4-8,10,12,15,20H,3,9,11,13-14,16H2,1-2H3,(H,29,35)(H,31,32)(H2,28,30,33). The number of nitrogens with two attached hydrogens (primary N) is 1. The summed E-state index contributed by atoms with van der Waals surface area (Å²) in [6.45, 7) is 2.19. The smallest absolute Gasteiger partial charge is 0.224 e. The summed E-state index contributed by atoms with van der Waals surface area (Å²) in [5, 5.41) is 3.01. The fourth-order valence-electron chi connectivity index (χ4n) is 4.52. The van der Waals surface area contributed by atoms with Crippen LogP contribution in [0.2, 0.25) is 0 Å². The Morgan fingerprint density at radius 2 is 2.08 bits per heavy atom. The van der Waals surface area contributed by atoms with Crippen LogP contribution in [0.4, 0.5) is 5.95 Å². The molecule has 1 aliphatic heterocycles. The third-order valence-electron chi connectivity index (χ3n) is 6.36. The Labute approximate surface area is 210 Å². The van der Waals surface area contributed by atoms with Crippen LogP contribution in [-0.2, 0) is 17.6 Å². The molecule has 0 aliphatic carbocycles. The molecule has 2 aromatic carbocycles. The minimum absolute atomic E-state index is 0.0421. The van der Waals surface area contributed by atoms with Crippen molar-refractivity contribution < 1.29 is 9.53 Å². The number of benzene rings is 2. The Bertz CT molecular complexity index is 1380. The number of H-pyrrole nitrogens is 1. The van der Waals surface area contributed by atoms with E-state index in [0.717, 1.165) is 64.4 Å². The van der Waals surface area contributed by atoms with Crippen molar-refractivity contribution in [3.8, 4) is 17.0 Å². The van der Waals surface area contributed by atoms with E-state index in [1.807, 2.05) is 50.5 Å². The number of hydrogen-bond donors (Lipinski definition) is 3. The van der Waals surface area contributed by atoms with Gasteiger partial charge in [-0.2, -0.15) is 0 Å². The lowest BCUT2D eigenvalue weighted by Crippen LogP contribution is -2.28. The molecule has 9 nitrogen and oxygen atoms in total. The SMILES string of the molecule is CN(C)CCCNC(=O)Cc1ccc2c(c1)CC(c1nc3cc(-c4ccnc(N)n4)ccc3[nH]1)CO2. The molecule has 9 heteroatoms. The summed E-state index contributed by atoms with van der Waals surface area (Å²) in [5.41, 5.74) is 11.4. The molecule has 2 aromatic heterocycles. The Morgan fingerprint density at radius 3 is 2.92 bits per heavy atom. The first kappa shape index (κ1) is 23.7. The number of carbonyl (C=O) groups excluding carboxylic acids is 1. The second-order valence-corrected chi connectivity index (χ2v) is 9.49. The number of anilines is 1. The molecule has 0 bridgehead atoms. The fraction of sp³-hybridized carbons (Fsp3) is 0.333. The number of carbonyl (C=O) groups is 1. The molecule has 186 valence electrons. The van der Waals surface area contributed by atoms with Crippen molar-refractivity contribution in [3.05, 3.63) is 65.6 Å². The van der Waals surface area contributed by atoms with E-state index >= 15 is 0 Å². The molecule has 0 radical (unpaired) electrons. The van der Waals surface area contributed by atoms with Gasteiger partial charge in [-0.3, -0.25) is 4.79 Å². The van der Waals surface area contributed by atoms with Gasteiger partial charge in [-0.25, -0.2) is 15.0 Å². The van der Waals surface area contributed by atoms with E-state index in [0.29, 0.717) is 19.6 Å². The zero-order chi connectivity index (χ0) is 25.1. The number of ether oxygens (including phenoxy) is 1. The van der Waals surface area contributed by atoms with Gasteiger partial charge in [0.2, 0.25) is 11.9 Å². The molecule has 0 fully saturated rings. The Balaban J connectivity index is 1.27. The van der Waals surface area contributed by atoms with Crippen molar-refractivity contribution in [2.24, 2.45) is 0 Å². The van der Waals surface area contributed by atoms with E-state index in [-0.39, 0.29) is 17.8 Å². The fourth-order valence-corrected chi connectivity index (χ4v) is 4.52. The second kappa shape index (κ2) is 10.3. The summed E-state index contributed by atoms with van der Waals surface area (Å²) in [7, 11) is 4.06. The monoisotopic (exact) mass is 485 g/mol. The number of aromatic amines is 1. The number of hydrogen-bond acceptors (Lipinski definition) is 7. The first-order valence-corrected chi connectivity index (χ1v) is 12.2. The lowest BCUT2D eigenvalue weighted by Gasteiger charge is -2.24. The second-order valence-electron chi connectivity index (χ2n) is 9.49. The van der Waals surface area contributed by atoms with Crippen LogP contribution in [0.1, 0.15) is 29.3 Å². The maximum atomic E-state index is 12.4. The van der Waals surface area contributed by atoms with Crippen LogP contribution in [0.15, 0.2) is 48.7 Å². The summed E-state index contributed by atoms with van der Waals surface area (Å²) in [4.78, 5) is 31.1. The molecule has 3 heterocycles. The van der Waals surface area contributed by atoms with E-state index in [4.69, 9.17) is 15.5 Å². The highest BCUT2D eigenvalue weighted by atomic mass is 16.5. The number of nitrogens with one attached hydrogen (secondary N) is 2. The quantitative estimate of drug-likeness (QED) is 0.328. The average Bonchev–Trinajstić information content (AvgIpc) is 3.30. The van der Waals surface area contributed by atoms with Gasteiger partial charge in [-0.05, 0) is 68.9 Å². The summed E-state index contributed by atoms with van der Waals surface area (Å²) < 4.78 is 6.06. The molecule has 4 N–H and O–H groups in total. The van der Waals surface area contributed by atoms with Crippen LogP contribution in [0.25, 0.3) is 22.3 Å². The lowest BCUT2D eigenvalue weighted by atomic mass is 9.94. The zero-order valence-electron chi connectivity index (χ0n) is 20.6. The number of fused-ring (bicyclic) bond motifs is 2. The maximum absolute atomic E-state index is 12.4. The van der Waals surface area contributed by atoms with Gasteiger partial charge in [0.15, 0.2) is 0 Å². The van der Waals surface area contributed by atoms with Crippen molar-refractivity contribution in [1.82, 2.24) is 30.2 Å². The molecular formula is C27H31N7O2. The molecule has 0 spiro atoms. The van der Waals surface area contributed by atoms with Gasteiger partial charge in [-0.15, -0.1) is 0 Å². The highest BCUT2D eigenvalue weighted by Crippen LogP contribution is 2.33.